The molecule has 0 radical (unpaired) electrons. The van der Waals surface area contributed by atoms with Crippen LogP contribution in [-0.4, -0.2) is 22.8 Å². The average molecular weight is 335 g/mol. The maximum atomic E-state index is 11.9. The normalized spacial score (nSPS) is 10.6. The zero-order valence-electron chi connectivity index (χ0n) is 14.4. The van der Waals surface area contributed by atoms with E-state index >= 15 is 0 Å². The van der Waals surface area contributed by atoms with Crippen molar-refractivity contribution in [2.45, 2.75) is 19.9 Å². The van der Waals surface area contributed by atoms with E-state index < -0.39 is 5.97 Å². The van der Waals surface area contributed by atoms with Crippen molar-refractivity contribution in [3.05, 3.63) is 77.5 Å². The Bertz CT molecular complexity index is 864. The van der Waals surface area contributed by atoms with Gasteiger partial charge in [-0.1, -0.05) is 49.4 Å². The first-order valence-corrected chi connectivity index (χ1v) is 8.27. The van der Waals surface area contributed by atoms with Crippen LogP contribution in [0.2, 0.25) is 0 Å². The lowest BCUT2D eigenvalue weighted by atomic mass is 10.0. The molecule has 1 N–H and O–H groups in total. The number of aromatic carboxylic acids is 1. The van der Waals surface area contributed by atoms with Gasteiger partial charge in [0.05, 0.1) is 18.4 Å². The third-order valence-corrected chi connectivity index (χ3v) is 4.31. The van der Waals surface area contributed by atoms with Gasteiger partial charge in [-0.05, 0) is 35.2 Å². The summed E-state index contributed by atoms with van der Waals surface area (Å²) in [5.74, 6) is -0.0794. The zero-order valence-corrected chi connectivity index (χ0v) is 14.4. The molecular weight excluding hydrogens is 314 g/mol. The Morgan fingerprint density at radius 1 is 1.08 bits per heavy atom. The third-order valence-electron chi connectivity index (χ3n) is 4.31. The van der Waals surface area contributed by atoms with Crippen LogP contribution >= 0.6 is 0 Å². The Labute approximate surface area is 147 Å². The number of aryl methyl sites for hydroxylation is 1. The summed E-state index contributed by atoms with van der Waals surface area (Å²) in [6.07, 6.45) is 2.63. The molecule has 1 heterocycles. The molecule has 0 aliphatic carbocycles. The second-order valence-electron chi connectivity index (χ2n) is 5.88. The predicted molar refractivity (Wildman–Crippen MR) is 98.3 cm³/mol. The number of rotatable bonds is 6. The first-order chi connectivity index (χ1) is 12.1. The number of nitrogens with zero attached hydrogens (tertiary/aromatic N) is 1. The van der Waals surface area contributed by atoms with Crippen molar-refractivity contribution >= 4 is 5.97 Å². The summed E-state index contributed by atoms with van der Waals surface area (Å²) >= 11 is 0. The van der Waals surface area contributed by atoms with Gasteiger partial charge < -0.3 is 14.4 Å². The van der Waals surface area contributed by atoms with Crippen LogP contribution in [-0.2, 0) is 13.0 Å². The number of carbonyl (C=O) groups is 1. The minimum absolute atomic E-state index is 0.391. The van der Waals surface area contributed by atoms with Crippen LogP contribution in [0, 0.1) is 0 Å². The second-order valence-corrected chi connectivity index (χ2v) is 5.88. The fourth-order valence-electron chi connectivity index (χ4n) is 3.08. The van der Waals surface area contributed by atoms with Crippen molar-refractivity contribution in [2.24, 2.45) is 0 Å². The number of hydrogen-bond donors (Lipinski definition) is 1. The number of ether oxygens (including phenoxy) is 1. The van der Waals surface area contributed by atoms with Gasteiger partial charge in [-0.25, -0.2) is 4.79 Å². The maximum absolute atomic E-state index is 11.9. The van der Waals surface area contributed by atoms with Gasteiger partial charge in [-0.2, -0.15) is 0 Å². The van der Waals surface area contributed by atoms with E-state index in [0.29, 0.717) is 18.5 Å². The van der Waals surface area contributed by atoms with Gasteiger partial charge in [0.1, 0.15) is 5.75 Å². The number of methoxy groups -OCH3 is 1. The van der Waals surface area contributed by atoms with Gasteiger partial charge >= 0.3 is 5.97 Å². The molecule has 0 aliphatic heterocycles. The Morgan fingerprint density at radius 3 is 2.32 bits per heavy atom. The molecule has 0 bridgehead atoms. The summed E-state index contributed by atoms with van der Waals surface area (Å²) in [5, 5.41) is 9.76. The van der Waals surface area contributed by atoms with Crippen molar-refractivity contribution in [3.8, 4) is 17.0 Å². The highest BCUT2D eigenvalue weighted by Gasteiger charge is 2.21. The van der Waals surface area contributed by atoms with Gasteiger partial charge in [0.25, 0.3) is 0 Å². The van der Waals surface area contributed by atoms with Gasteiger partial charge in [-0.15, -0.1) is 0 Å². The number of aromatic nitrogens is 1. The van der Waals surface area contributed by atoms with E-state index in [9.17, 15) is 9.90 Å². The molecule has 3 rings (SSSR count). The Morgan fingerprint density at radius 2 is 1.76 bits per heavy atom. The summed E-state index contributed by atoms with van der Waals surface area (Å²) in [6.45, 7) is 2.59. The van der Waals surface area contributed by atoms with Crippen LogP contribution in [0.15, 0.2) is 60.8 Å². The molecule has 4 heteroatoms. The fourth-order valence-corrected chi connectivity index (χ4v) is 3.08. The molecule has 0 fully saturated rings. The zero-order chi connectivity index (χ0) is 17.8. The molecule has 3 aromatic rings. The lowest BCUT2D eigenvalue weighted by Gasteiger charge is -2.11. The monoisotopic (exact) mass is 335 g/mol. The molecule has 0 spiro atoms. The Balaban J connectivity index is 2.10. The highest BCUT2D eigenvalue weighted by molar-refractivity contribution is 5.97. The molecule has 0 amide bonds. The van der Waals surface area contributed by atoms with E-state index in [-0.39, 0.29) is 0 Å². The number of carboxylic acid groups (broad SMARTS) is 1. The maximum Gasteiger partial charge on any atom is 0.338 e. The molecule has 0 atom stereocenters. The Kier molecular flexibility index (Phi) is 4.89. The minimum atomic E-state index is -0.885. The van der Waals surface area contributed by atoms with Crippen LogP contribution in [0.5, 0.6) is 5.75 Å². The topological polar surface area (TPSA) is 51.5 Å². The molecule has 0 saturated heterocycles. The van der Waals surface area contributed by atoms with E-state index in [2.05, 4.69) is 0 Å². The quantitative estimate of drug-likeness (QED) is 0.723. The van der Waals surface area contributed by atoms with Crippen LogP contribution < -0.4 is 4.74 Å². The first kappa shape index (κ1) is 16.8. The summed E-state index contributed by atoms with van der Waals surface area (Å²) in [6, 6.07) is 17.5. The standard InChI is InChI=1S/C21H21NO3/c1-3-16-14-22(13-15-9-11-18(25-2)12-10-15)20(19(16)21(23)24)17-7-5-4-6-8-17/h4-12,14H,3,13H2,1-2H3,(H,23,24). The fraction of sp³-hybridized carbons (Fsp3) is 0.190. The lowest BCUT2D eigenvalue weighted by Crippen LogP contribution is -2.05. The Hall–Kier alpha value is -3.01. The summed E-state index contributed by atoms with van der Waals surface area (Å²) in [4.78, 5) is 11.9. The van der Waals surface area contributed by atoms with Gasteiger partial charge in [0, 0.05) is 12.7 Å². The lowest BCUT2D eigenvalue weighted by molar-refractivity contribution is 0.0696. The van der Waals surface area contributed by atoms with Crippen LogP contribution in [0.25, 0.3) is 11.3 Å². The van der Waals surface area contributed by atoms with Crippen LogP contribution in [0.4, 0.5) is 0 Å². The summed E-state index contributed by atoms with van der Waals surface area (Å²) in [5.41, 5.74) is 3.99. The molecule has 0 unspecified atom stereocenters. The highest BCUT2D eigenvalue weighted by Crippen LogP contribution is 2.30. The van der Waals surface area contributed by atoms with E-state index in [0.717, 1.165) is 28.1 Å². The number of benzene rings is 2. The SMILES string of the molecule is CCc1cn(Cc2ccc(OC)cc2)c(-c2ccccc2)c1C(=O)O. The molecule has 2 aromatic carbocycles. The largest absolute Gasteiger partial charge is 0.497 e. The third kappa shape index (κ3) is 3.43. The predicted octanol–water partition coefficient (Wildman–Crippen LogP) is 4.47. The second kappa shape index (κ2) is 7.26. The van der Waals surface area contributed by atoms with E-state index in [1.807, 2.05) is 72.3 Å². The molecule has 4 nitrogen and oxygen atoms in total. The van der Waals surface area contributed by atoms with Crippen molar-refractivity contribution < 1.29 is 14.6 Å². The molecule has 0 aliphatic rings. The van der Waals surface area contributed by atoms with Gasteiger partial charge in [0.15, 0.2) is 0 Å². The molecular formula is C21H21NO3. The van der Waals surface area contributed by atoms with Crippen LogP contribution in [0.3, 0.4) is 0 Å². The van der Waals surface area contributed by atoms with Crippen molar-refractivity contribution in [2.75, 3.05) is 7.11 Å². The molecule has 0 saturated carbocycles. The molecule has 128 valence electrons. The molecule has 25 heavy (non-hydrogen) atoms. The smallest absolute Gasteiger partial charge is 0.338 e. The van der Waals surface area contributed by atoms with Crippen LogP contribution in [0.1, 0.15) is 28.4 Å². The summed E-state index contributed by atoms with van der Waals surface area (Å²) in [7, 11) is 1.64. The number of carboxylic acids is 1. The molecule has 1 aromatic heterocycles. The van der Waals surface area contributed by atoms with Crippen molar-refractivity contribution in [3.63, 3.8) is 0 Å². The van der Waals surface area contributed by atoms with E-state index in [1.54, 1.807) is 7.11 Å². The van der Waals surface area contributed by atoms with E-state index in [1.165, 1.54) is 0 Å². The van der Waals surface area contributed by atoms with Crippen molar-refractivity contribution in [1.82, 2.24) is 4.57 Å². The average Bonchev–Trinajstić information content (AvgIpc) is 3.01. The minimum Gasteiger partial charge on any atom is -0.497 e. The summed E-state index contributed by atoms with van der Waals surface area (Å²) < 4.78 is 7.23. The highest BCUT2D eigenvalue weighted by atomic mass is 16.5. The number of hydrogen-bond acceptors (Lipinski definition) is 2. The van der Waals surface area contributed by atoms with Gasteiger partial charge in [-0.3, -0.25) is 0 Å². The van der Waals surface area contributed by atoms with Gasteiger partial charge in [0.2, 0.25) is 0 Å². The van der Waals surface area contributed by atoms with Crippen molar-refractivity contribution in [1.29, 1.82) is 0 Å². The van der Waals surface area contributed by atoms with E-state index in [4.69, 9.17) is 4.74 Å². The first-order valence-electron chi connectivity index (χ1n) is 8.27.